The first kappa shape index (κ1) is 10.4. The quantitative estimate of drug-likeness (QED) is 0.769. The maximum atomic E-state index is 4.03. The molecule has 1 aromatic heterocycles. The summed E-state index contributed by atoms with van der Waals surface area (Å²) in [6, 6.07) is 6.12. The van der Waals surface area contributed by atoms with Gasteiger partial charge in [-0.3, -0.25) is 5.10 Å². The standard InChI is InChI=1S/C14H14N2/c1-10(2)4-5-11(3)12-6-7-14-13(8-12)9-15-16-14/h4-9H,1,3H2,2H3,(H,15,16)/b5-4-. The lowest BCUT2D eigenvalue weighted by Crippen LogP contribution is -1.79. The van der Waals surface area contributed by atoms with Crippen molar-refractivity contribution in [3.05, 3.63) is 60.8 Å². The monoisotopic (exact) mass is 210 g/mol. The number of allylic oxidation sites excluding steroid dienone is 4. The van der Waals surface area contributed by atoms with Gasteiger partial charge in [-0.05, 0) is 30.2 Å². The van der Waals surface area contributed by atoms with Gasteiger partial charge in [-0.1, -0.05) is 36.9 Å². The smallest absolute Gasteiger partial charge is 0.0650 e. The predicted octanol–water partition coefficient (Wildman–Crippen LogP) is 3.71. The summed E-state index contributed by atoms with van der Waals surface area (Å²) in [4.78, 5) is 0. The van der Waals surface area contributed by atoms with Crippen LogP contribution in [0.4, 0.5) is 0 Å². The van der Waals surface area contributed by atoms with E-state index >= 15 is 0 Å². The summed E-state index contributed by atoms with van der Waals surface area (Å²) >= 11 is 0. The Hall–Kier alpha value is -2.09. The molecule has 16 heavy (non-hydrogen) atoms. The van der Waals surface area contributed by atoms with Crippen LogP contribution in [0.5, 0.6) is 0 Å². The van der Waals surface area contributed by atoms with Crippen molar-refractivity contribution in [1.29, 1.82) is 0 Å². The molecular formula is C14H14N2. The number of rotatable bonds is 3. The first-order chi connectivity index (χ1) is 7.66. The molecule has 0 saturated carbocycles. The molecule has 1 aromatic carbocycles. The van der Waals surface area contributed by atoms with Gasteiger partial charge in [0, 0.05) is 5.39 Å². The molecule has 1 heterocycles. The zero-order valence-electron chi connectivity index (χ0n) is 9.33. The molecule has 0 unspecified atom stereocenters. The highest BCUT2D eigenvalue weighted by Gasteiger charge is 1.99. The molecule has 0 fully saturated rings. The fourth-order valence-electron chi connectivity index (χ4n) is 1.48. The number of hydrogen-bond donors (Lipinski definition) is 1. The first-order valence-electron chi connectivity index (χ1n) is 5.13. The van der Waals surface area contributed by atoms with Crippen LogP contribution in [0.15, 0.2) is 55.3 Å². The van der Waals surface area contributed by atoms with Gasteiger partial charge in [0.25, 0.3) is 0 Å². The van der Waals surface area contributed by atoms with E-state index in [2.05, 4.69) is 29.4 Å². The maximum Gasteiger partial charge on any atom is 0.0650 e. The van der Waals surface area contributed by atoms with E-state index in [1.807, 2.05) is 37.4 Å². The van der Waals surface area contributed by atoms with Crippen LogP contribution in [0.3, 0.4) is 0 Å². The van der Waals surface area contributed by atoms with Gasteiger partial charge < -0.3 is 0 Å². The van der Waals surface area contributed by atoms with E-state index in [-0.39, 0.29) is 0 Å². The van der Waals surface area contributed by atoms with Crippen LogP contribution in [0.2, 0.25) is 0 Å². The summed E-state index contributed by atoms with van der Waals surface area (Å²) in [6.07, 6.45) is 5.75. The second-order valence-electron chi connectivity index (χ2n) is 3.88. The fraction of sp³-hybridized carbons (Fsp3) is 0.0714. The van der Waals surface area contributed by atoms with E-state index < -0.39 is 0 Å². The van der Waals surface area contributed by atoms with Crippen molar-refractivity contribution in [2.24, 2.45) is 0 Å². The van der Waals surface area contributed by atoms with Gasteiger partial charge in [0.1, 0.15) is 0 Å². The highest BCUT2D eigenvalue weighted by Crippen LogP contribution is 2.19. The molecule has 0 aliphatic carbocycles. The molecule has 0 aliphatic heterocycles. The summed E-state index contributed by atoms with van der Waals surface area (Å²) in [6.45, 7) is 9.81. The number of nitrogens with zero attached hydrogens (tertiary/aromatic N) is 1. The minimum Gasteiger partial charge on any atom is -0.278 e. The van der Waals surface area contributed by atoms with Crippen molar-refractivity contribution in [2.45, 2.75) is 6.92 Å². The van der Waals surface area contributed by atoms with Gasteiger partial charge in [0.05, 0.1) is 11.7 Å². The van der Waals surface area contributed by atoms with E-state index in [9.17, 15) is 0 Å². The number of fused-ring (bicyclic) bond motifs is 1. The van der Waals surface area contributed by atoms with Gasteiger partial charge in [-0.2, -0.15) is 5.10 Å². The van der Waals surface area contributed by atoms with Crippen molar-refractivity contribution in [2.75, 3.05) is 0 Å². The van der Waals surface area contributed by atoms with E-state index in [1.54, 1.807) is 0 Å². The average molecular weight is 210 g/mol. The van der Waals surface area contributed by atoms with E-state index in [1.165, 1.54) is 0 Å². The lowest BCUT2D eigenvalue weighted by Gasteiger charge is -2.00. The van der Waals surface area contributed by atoms with Gasteiger partial charge in [-0.25, -0.2) is 0 Å². The molecule has 80 valence electrons. The van der Waals surface area contributed by atoms with E-state index in [0.717, 1.165) is 27.6 Å². The Balaban J connectivity index is 2.32. The van der Waals surface area contributed by atoms with Crippen LogP contribution < -0.4 is 0 Å². The number of aromatic amines is 1. The molecule has 0 radical (unpaired) electrons. The molecule has 2 aromatic rings. The Bertz CT molecular complexity index is 573. The van der Waals surface area contributed by atoms with Gasteiger partial charge in [0.2, 0.25) is 0 Å². The highest BCUT2D eigenvalue weighted by molar-refractivity contribution is 5.84. The van der Waals surface area contributed by atoms with Gasteiger partial charge in [-0.15, -0.1) is 0 Å². The van der Waals surface area contributed by atoms with Crippen LogP contribution in [0.25, 0.3) is 16.5 Å². The van der Waals surface area contributed by atoms with Crippen molar-refractivity contribution >= 4 is 16.5 Å². The molecule has 1 N–H and O–H groups in total. The second-order valence-corrected chi connectivity index (χ2v) is 3.88. The largest absolute Gasteiger partial charge is 0.278 e. The number of H-pyrrole nitrogens is 1. The van der Waals surface area contributed by atoms with Crippen molar-refractivity contribution in [3.63, 3.8) is 0 Å². The zero-order chi connectivity index (χ0) is 11.5. The Morgan fingerprint density at radius 2 is 2.12 bits per heavy atom. The minimum absolute atomic E-state index is 0.978. The normalized spacial score (nSPS) is 11.1. The molecule has 2 heteroatoms. The summed E-state index contributed by atoms with van der Waals surface area (Å²) in [5.41, 5.74) is 4.14. The third-order valence-electron chi connectivity index (χ3n) is 2.38. The van der Waals surface area contributed by atoms with Crippen LogP contribution in [0, 0.1) is 0 Å². The van der Waals surface area contributed by atoms with E-state index in [4.69, 9.17) is 0 Å². The summed E-state index contributed by atoms with van der Waals surface area (Å²) in [7, 11) is 0. The Morgan fingerprint density at radius 1 is 1.31 bits per heavy atom. The maximum absolute atomic E-state index is 4.03. The number of benzene rings is 1. The molecule has 0 atom stereocenters. The molecule has 2 nitrogen and oxygen atoms in total. The first-order valence-corrected chi connectivity index (χ1v) is 5.13. The van der Waals surface area contributed by atoms with Crippen molar-refractivity contribution in [3.8, 4) is 0 Å². The molecule has 0 amide bonds. The van der Waals surface area contributed by atoms with E-state index in [0.29, 0.717) is 0 Å². The Morgan fingerprint density at radius 3 is 2.88 bits per heavy atom. The lowest BCUT2D eigenvalue weighted by atomic mass is 10.0. The molecule has 0 bridgehead atoms. The number of nitrogens with one attached hydrogen (secondary N) is 1. The van der Waals surface area contributed by atoms with Gasteiger partial charge >= 0.3 is 0 Å². The number of hydrogen-bond acceptors (Lipinski definition) is 1. The van der Waals surface area contributed by atoms with Gasteiger partial charge in [0.15, 0.2) is 0 Å². The fourth-order valence-corrected chi connectivity index (χ4v) is 1.48. The summed E-state index contributed by atoms with van der Waals surface area (Å²) in [5.74, 6) is 0. The third kappa shape index (κ3) is 2.11. The highest BCUT2D eigenvalue weighted by atomic mass is 15.1. The van der Waals surface area contributed by atoms with Crippen molar-refractivity contribution < 1.29 is 0 Å². The lowest BCUT2D eigenvalue weighted by molar-refractivity contribution is 1.12. The van der Waals surface area contributed by atoms with Crippen molar-refractivity contribution in [1.82, 2.24) is 10.2 Å². The Kier molecular flexibility index (Phi) is 2.73. The topological polar surface area (TPSA) is 28.7 Å². The zero-order valence-corrected chi connectivity index (χ0v) is 9.33. The summed E-state index contributed by atoms with van der Waals surface area (Å²) < 4.78 is 0. The third-order valence-corrected chi connectivity index (χ3v) is 2.38. The molecule has 0 spiro atoms. The average Bonchev–Trinajstić information content (AvgIpc) is 2.72. The van der Waals surface area contributed by atoms with Crippen LogP contribution in [-0.4, -0.2) is 10.2 Å². The van der Waals surface area contributed by atoms with Crippen LogP contribution in [-0.2, 0) is 0 Å². The molecule has 2 rings (SSSR count). The predicted molar refractivity (Wildman–Crippen MR) is 69.1 cm³/mol. The molecule has 0 aliphatic rings. The summed E-state index contributed by atoms with van der Waals surface area (Å²) in [5, 5.41) is 8.01. The second kappa shape index (κ2) is 4.19. The number of aromatic nitrogens is 2. The minimum atomic E-state index is 0.978. The van der Waals surface area contributed by atoms with Crippen LogP contribution >= 0.6 is 0 Å². The molecule has 0 saturated heterocycles. The SMILES string of the molecule is C=C(C)/C=C\C(=C)c1ccc2[nH]ncc2c1. The van der Waals surface area contributed by atoms with Crippen LogP contribution in [0.1, 0.15) is 12.5 Å². The molecular weight excluding hydrogens is 196 g/mol. The Labute approximate surface area is 95.0 Å².